The van der Waals surface area contributed by atoms with Crippen molar-refractivity contribution >= 4 is 29.1 Å². The normalized spacial score (nSPS) is 10.8. The van der Waals surface area contributed by atoms with Crippen molar-refractivity contribution in [1.82, 2.24) is 15.1 Å². The molecule has 0 atom stereocenters. The number of nitrogens with one attached hydrogen (secondary N) is 1. The molecule has 3 rings (SSSR count). The van der Waals surface area contributed by atoms with Crippen molar-refractivity contribution in [2.24, 2.45) is 0 Å². The molecule has 7 heteroatoms. The van der Waals surface area contributed by atoms with Crippen molar-refractivity contribution in [1.29, 1.82) is 0 Å². The number of carbonyl (C=O) groups is 1. The second-order valence-electron chi connectivity index (χ2n) is 5.85. The van der Waals surface area contributed by atoms with E-state index in [2.05, 4.69) is 10.4 Å². The molecule has 0 fully saturated rings. The zero-order chi connectivity index (χ0) is 18.7. The maximum absolute atomic E-state index is 13.0. The van der Waals surface area contributed by atoms with E-state index in [1.165, 1.54) is 16.8 Å². The molecule has 0 bridgehead atoms. The van der Waals surface area contributed by atoms with Crippen LogP contribution in [0.3, 0.4) is 0 Å². The van der Waals surface area contributed by atoms with Gasteiger partial charge in [-0.25, -0.2) is 9.07 Å². The van der Waals surface area contributed by atoms with E-state index in [-0.39, 0.29) is 16.9 Å². The third kappa shape index (κ3) is 4.23. The second kappa shape index (κ2) is 7.89. The van der Waals surface area contributed by atoms with E-state index >= 15 is 0 Å². The Morgan fingerprint density at radius 1 is 1.15 bits per heavy atom. The molecule has 0 radical (unpaired) electrons. The fourth-order valence-corrected chi connectivity index (χ4v) is 3.13. The smallest absolute Gasteiger partial charge is 0.256 e. The maximum Gasteiger partial charge on any atom is 0.256 e. The van der Waals surface area contributed by atoms with Crippen LogP contribution in [0.1, 0.15) is 27.2 Å². The van der Waals surface area contributed by atoms with Crippen LogP contribution in [-0.2, 0) is 13.1 Å². The highest BCUT2D eigenvalue weighted by Gasteiger charge is 2.20. The number of amides is 1. The quantitative estimate of drug-likeness (QED) is 0.689. The van der Waals surface area contributed by atoms with E-state index in [0.29, 0.717) is 29.4 Å². The number of hydrogen-bond acceptors (Lipinski definition) is 2. The molecule has 0 saturated carbocycles. The molecule has 0 spiro atoms. The molecule has 1 aromatic heterocycles. The van der Waals surface area contributed by atoms with Gasteiger partial charge in [-0.05, 0) is 42.3 Å². The Morgan fingerprint density at radius 2 is 1.88 bits per heavy atom. The van der Waals surface area contributed by atoms with E-state index < -0.39 is 0 Å². The highest BCUT2D eigenvalue weighted by Crippen LogP contribution is 2.21. The van der Waals surface area contributed by atoms with Gasteiger partial charge in [0.25, 0.3) is 5.91 Å². The van der Waals surface area contributed by atoms with E-state index in [1.54, 1.807) is 31.2 Å². The van der Waals surface area contributed by atoms with Gasteiger partial charge in [-0.3, -0.25) is 4.79 Å². The van der Waals surface area contributed by atoms with Gasteiger partial charge in [-0.2, -0.15) is 5.10 Å². The van der Waals surface area contributed by atoms with Crippen molar-refractivity contribution in [2.45, 2.75) is 20.0 Å². The van der Waals surface area contributed by atoms with E-state index in [9.17, 15) is 9.18 Å². The molecule has 4 nitrogen and oxygen atoms in total. The molecular weight excluding hydrogens is 376 g/mol. The Kier molecular flexibility index (Phi) is 5.59. The molecule has 1 amide bonds. The van der Waals surface area contributed by atoms with Gasteiger partial charge in [0.2, 0.25) is 0 Å². The molecule has 1 N–H and O–H groups in total. The Labute approximate surface area is 160 Å². The largest absolute Gasteiger partial charge is 0.348 e. The second-order valence-corrected chi connectivity index (χ2v) is 6.64. The minimum atomic E-state index is -0.308. The first-order valence-electron chi connectivity index (χ1n) is 7.94. The van der Waals surface area contributed by atoms with Crippen LogP contribution < -0.4 is 5.32 Å². The molecule has 2 aromatic carbocycles. The first kappa shape index (κ1) is 18.4. The monoisotopic (exact) mass is 391 g/mol. The minimum Gasteiger partial charge on any atom is -0.348 e. The zero-order valence-corrected chi connectivity index (χ0v) is 15.5. The van der Waals surface area contributed by atoms with Crippen LogP contribution in [0.4, 0.5) is 4.39 Å². The topological polar surface area (TPSA) is 46.9 Å². The summed E-state index contributed by atoms with van der Waals surface area (Å²) in [5.41, 5.74) is 2.58. The molecule has 134 valence electrons. The van der Waals surface area contributed by atoms with E-state index in [1.807, 2.05) is 12.1 Å². The molecule has 3 aromatic rings. The molecule has 0 aliphatic heterocycles. The Bertz CT molecular complexity index is 938. The summed E-state index contributed by atoms with van der Waals surface area (Å²) in [5, 5.41) is 8.01. The summed E-state index contributed by atoms with van der Waals surface area (Å²) in [7, 11) is 0. The number of nitrogens with zero attached hydrogens (tertiary/aromatic N) is 2. The fourth-order valence-electron chi connectivity index (χ4n) is 2.60. The molecule has 0 saturated heterocycles. The van der Waals surface area contributed by atoms with Gasteiger partial charge in [-0.15, -0.1) is 0 Å². The first-order valence-corrected chi connectivity index (χ1v) is 8.69. The van der Waals surface area contributed by atoms with Crippen LogP contribution in [0.2, 0.25) is 10.2 Å². The standard InChI is InChI=1S/C19H16Cl2FN3O/c1-12-17(19(26)23-10-14-3-2-4-15(20)9-14)18(21)25(24-12)11-13-5-7-16(22)8-6-13/h2-9H,10-11H2,1H3,(H,23,26). The van der Waals surface area contributed by atoms with Crippen LogP contribution in [-0.4, -0.2) is 15.7 Å². The lowest BCUT2D eigenvalue weighted by Gasteiger charge is -2.06. The summed E-state index contributed by atoms with van der Waals surface area (Å²) >= 11 is 12.3. The number of hydrogen-bond donors (Lipinski definition) is 1. The average molecular weight is 392 g/mol. The van der Waals surface area contributed by atoms with Gasteiger partial charge in [-0.1, -0.05) is 47.5 Å². The number of aryl methyl sites for hydroxylation is 1. The van der Waals surface area contributed by atoms with Gasteiger partial charge in [0.15, 0.2) is 0 Å². The van der Waals surface area contributed by atoms with Crippen LogP contribution in [0.5, 0.6) is 0 Å². The zero-order valence-electron chi connectivity index (χ0n) is 14.0. The van der Waals surface area contributed by atoms with Gasteiger partial charge >= 0.3 is 0 Å². The van der Waals surface area contributed by atoms with Gasteiger partial charge in [0, 0.05) is 11.6 Å². The maximum atomic E-state index is 13.0. The summed E-state index contributed by atoms with van der Waals surface area (Å²) in [5.74, 6) is -0.615. The van der Waals surface area contributed by atoms with Crippen LogP contribution in [0, 0.1) is 12.7 Å². The SMILES string of the molecule is Cc1nn(Cc2ccc(F)cc2)c(Cl)c1C(=O)NCc1cccc(Cl)c1. The van der Waals surface area contributed by atoms with Gasteiger partial charge in [0.1, 0.15) is 11.0 Å². The van der Waals surface area contributed by atoms with Crippen LogP contribution in [0.25, 0.3) is 0 Å². The van der Waals surface area contributed by atoms with Gasteiger partial charge < -0.3 is 5.32 Å². The molecule has 0 aliphatic carbocycles. The lowest BCUT2D eigenvalue weighted by Crippen LogP contribution is -2.23. The third-order valence-corrected chi connectivity index (χ3v) is 4.50. The predicted octanol–water partition coefficient (Wildman–Crippen LogP) is 4.62. The number of benzene rings is 2. The lowest BCUT2D eigenvalue weighted by molar-refractivity contribution is 0.0950. The number of rotatable bonds is 5. The Hall–Kier alpha value is -2.37. The summed E-state index contributed by atoms with van der Waals surface area (Å²) < 4.78 is 14.5. The van der Waals surface area contributed by atoms with Crippen molar-refractivity contribution in [3.05, 3.63) is 86.9 Å². The van der Waals surface area contributed by atoms with Gasteiger partial charge in [0.05, 0.1) is 17.8 Å². The van der Waals surface area contributed by atoms with Crippen molar-refractivity contribution in [2.75, 3.05) is 0 Å². The molecule has 0 unspecified atom stereocenters. The van der Waals surface area contributed by atoms with Crippen molar-refractivity contribution in [3.8, 4) is 0 Å². The number of halogens is 3. The Balaban J connectivity index is 1.74. The number of aromatic nitrogens is 2. The van der Waals surface area contributed by atoms with Crippen LogP contribution in [0.15, 0.2) is 48.5 Å². The van der Waals surface area contributed by atoms with Crippen molar-refractivity contribution in [3.63, 3.8) is 0 Å². The molecular formula is C19H16Cl2FN3O. The lowest BCUT2D eigenvalue weighted by atomic mass is 10.2. The summed E-state index contributed by atoms with van der Waals surface area (Å²) in [6.07, 6.45) is 0. The Morgan fingerprint density at radius 3 is 2.58 bits per heavy atom. The highest BCUT2D eigenvalue weighted by molar-refractivity contribution is 6.33. The fraction of sp³-hybridized carbons (Fsp3) is 0.158. The number of carbonyl (C=O) groups excluding carboxylic acids is 1. The average Bonchev–Trinajstić information content (AvgIpc) is 2.88. The predicted molar refractivity (Wildman–Crippen MR) is 100 cm³/mol. The molecule has 1 heterocycles. The summed E-state index contributed by atoms with van der Waals surface area (Å²) in [4.78, 5) is 12.5. The van der Waals surface area contributed by atoms with E-state index in [0.717, 1.165) is 11.1 Å². The third-order valence-electron chi connectivity index (χ3n) is 3.88. The highest BCUT2D eigenvalue weighted by atomic mass is 35.5. The minimum absolute atomic E-state index is 0.246. The molecule has 0 aliphatic rings. The summed E-state index contributed by atoms with van der Waals surface area (Å²) in [6, 6.07) is 13.3. The summed E-state index contributed by atoms with van der Waals surface area (Å²) in [6.45, 7) is 2.40. The van der Waals surface area contributed by atoms with Crippen molar-refractivity contribution < 1.29 is 9.18 Å². The van der Waals surface area contributed by atoms with E-state index in [4.69, 9.17) is 23.2 Å². The first-order chi connectivity index (χ1) is 12.4. The van der Waals surface area contributed by atoms with Crippen LogP contribution >= 0.6 is 23.2 Å². The molecule has 26 heavy (non-hydrogen) atoms.